The second kappa shape index (κ2) is 12.1. The maximum absolute atomic E-state index is 10.2. The average Bonchev–Trinajstić information content (AvgIpc) is 2.43. The van der Waals surface area contributed by atoms with Crippen molar-refractivity contribution in [2.24, 2.45) is 11.8 Å². The smallest absolute Gasteiger partial charge is 0.123 e. The Balaban J connectivity index is 0.000000265. The Morgan fingerprint density at radius 3 is 1.41 bits per heavy atom. The molecule has 0 aliphatic heterocycles. The summed E-state index contributed by atoms with van der Waals surface area (Å²) in [6.07, 6.45) is 14.7. The monoisotopic (exact) mass is 240 g/mol. The number of rotatable bonds is 1. The maximum atomic E-state index is 10.2. The first kappa shape index (κ1) is 16.7. The molecule has 0 radical (unpaired) electrons. The van der Waals surface area contributed by atoms with Gasteiger partial charge in [0.05, 0.1) is 0 Å². The molecule has 0 aromatic rings. The Kier molecular flexibility index (Phi) is 11.9. The quantitative estimate of drug-likeness (QED) is 0.562. The van der Waals surface area contributed by atoms with Crippen molar-refractivity contribution in [3.05, 3.63) is 0 Å². The minimum absolute atomic E-state index is 0.406. The normalized spacial score (nSPS) is 21.6. The molecule has 2 fully saturated rings. The predicted octanol–water partition coefficient (Wildman–Crippen LogP) is 5.38. The molecule has 0 saturated heterocycles. The van der Waals surface area contributed by atoms with Gasteiger partial charge in [-0.1, -0.05) is 72.1 Å². The number of hydrogen-bond acceptors (Lipinski definition) is 1. The molecular weight excluding hydrogens is 208 g/mol. The molecule has 0 N–H and O–H groups in total. The van der Waals surface area contributed by atoms with Crippen LogP contribution in [0.15, 0.2) is 0 Å². The summed E-state index contributed by atoms with van der Waals surface area (Å²) in [5.74, 6) is 1.44. The number of carbonyl (C=O) groups is 1. The summed E-state index contributed by atoms with van der Waals surface area (Å²) in [4.78, 5) is 10.2. The van der Waals surface area contributed by atoms with Gasteiger partial charge in [-0.3, -0.25) is 0 Å². The van der Waals surface area contributed by atoms with Crippen LogP contribution in [-0.4, -0.2) is 6.29 Å². The van der Waals surface area contributed by atoms with Crippen LogP contribution in [0, 0.1) is 11.8 Å². The van der Waals surface area contributed by atoms with E-state index in [9.17, 15) is 4.79 Å². The summed E-state index contributed by atoms with van der Waals surface area (Å²) in [6, 6.07) is 0. The minimum atomic E-state index is 0.406. The van der Waals surface area contributed by atoms with Crippen molar-refractivity contribution in [2.45, 2.75) is 85.0 Å². The molecule has 0 atom stereocenters. The fourth-order valence-electron chi connectivity index (χ4n) is 2.58. The van der Waals surface area contributed by atoms with Gasteiger partial charge in [-0.05, 0) is 18.8 Å². The summed E-state index contributed by atoms with van der Waals surface area (Å²) >= 11 is 0. The highest BCUT2D eigenvalue weighted by molar-refractivity contribution is 5.53. The summed E-state index contributed by atoms with van der Waals surface area (Å²) in [5, 5.41) is 0. The predicted molar refractivity (Wildman–Crippen MR) is 76.2 cm³/mol. The molecule has 0 aromatic heterocycles. The topological polar surface area (TPSA) is 17.1 Å². The molecule has 2 aliphatic carbocycles. The Morgan fingerprint density at radius 2 is 1.18 bits per heavy atom. The zero-order valence-corrected chi connectivity index (χ0v) is 12.2. The highest BCUT2D eigenvalue weighted by Crippen LogP contribution is 2.22. The van der Waals surface area contributed by atoms with Crippen molar-refractivity contribution in [1.82, 2.24) is 0 Å². The van der Waals surface area contributed by atoms with Gasteiger partial charge in [-0.25, -0.2) is 0 Å². The van der Waals surface area contributed by atoms with Crippen LogP contribution in [0.5, 0.6) is 0 Å². The first-order chi connectivity index (χ1) is 8.33. The third-order valence-electron chi connectivity index (χ3n) is 3.74. The molecule has 2 saturated carbocycles. The van der Waals surface area contributed by atoms with Crippen molar-refractivity contribution in [3.8, 4) is 0 Å². The average molecular weight is 240 g/mol. The lowest BCUT2D eigenvalue weighted by Gasteiger charge is -2.15. The Morgan fingerprint density at radius 1 is 0.765 bits per heavy atom. The third kappa shape index (κ3) is 9.38. The van der Waals surface area contributed by atoms with E-state index in [1.807, 2.05) is 13.8 Å². The molecule has 0 spiro atoms. The van der Waals surface area contributed by atoms with E-state index in [4.69, 9.17) is 0 Å². The highest BCUT2D eigenvalue weighted by atomic mass is 16.1. The van der Waals surface area contributed by atoms with Crippen LogP contribution in [0.2, 0.25) is 0 Å². The Labute approximate surface area is 108 Å². The van der Waals surface area contributed by atoms with Crippen LogP contribution in [0.4, 0.5) is 0 Å². The molecule has 102 valence electrons. The summed E-state index contributed by atoms with van der Waals surface area (Å²) in [7, 11) is 0. The zero-order chi connectivity index (χ0) is 12.9. The van der Waals surface area contributed by atoms with E-state index in [1.165, 1.54) is 51.4 Å². The molecular formula is C16H32O. The van der Waals surface area contributed by atoms with Gasteiger partial charge in [0.1, 0.15) is 6.29 Å². The lowest BCUT2D eigenvalue weighted by Crippen LogP contribution is -2.06. The van der Waals surface area contributed by atoms with E-state index >= 15 is 0 Å². The van der Waals surface area contributed by atoms with Crippen LogP contribution in [0.1, 0.15) is 85.0 Å². The second-order valence-electron chi connectivity index (χ2n) is 5.28. The van der Waals surface area contributed by atoms with Gasteiger partial charge >= 0.3 is 0 Å². The van der Waals surface area contributed by atoms with Gasteiger partial charge in [0.2, 0.25) is 0 Å². The van der Waals surface area contributed by atoms with Crippen LogP contribution in [0.25, 0.3) is 0 Å². The second-order valence-corrected chi connectivity index (χ2v) is 5.28. The van der Waals surface area contributed by atoms with E-state index in [1.54, 1.807) is 0 Å². The van der Waals surface area contributed by atoms with Crippen molar-refractivity contribution in [3.63, 3.8) is 0 Å². The van der Waals surface area contributed by atoms with Gasteiger partial charge in [-0.15, -0.1) is 0 Å². The molecule has 2 aliphatic rings. The first-order valence-electron chi connectivity index (χ1n) is 7.78. The molecule has 0 unspecified atom stereocenters. The van der Waals surface area contributed by atoms with Crippen molar-refractivity contribution in [1.29, 1.82) is 0 Å². The Bertz CT molecular complexity index is 153. The van der Waals surface area contributed by atoms with Gasteiger partial charge in [-0.2, -0.15) is 0 Å². The third-order valence-corrected chi connectivity index (χ3v) is 3.74. The molecule has 1 heteroatoms. The van der Waals surface area contributed by atoms with Gasteiger partial charge in [0, 0.05) is 5.92 Å². The van der Waals surface area contributed by atoms with Crippen LogP contribution >= 0.6 is 0 Å². The molecule has 0 amide bonds. The van der Waals surface area contributed by atoms with Crippen molar-refractivity contribution < 1.29 is 4.79 Å². The summed E-state index contributed by atoms with van der Waals surface area (Å²) < 4.78 is 0. The summed E-state index contributed by atoms with van der Waals surface area (Å²) in [5.41, 5.74) is 0. The largest absolute Gasteiger partial charge is 0.303 e. The van der Waals surface area contributed by atoms with Gasteiger partial charge < -0.3 is 4.79 Å². The first-order valence-corrected chi connectivity index (χ1v) is 7.78. The Hall–Kier alpha value is -0.330. The van der Waals surface area contributed by atoms with Crippen molar-refractivity contribution in [2.75, 3.05) is 0 Å². The summed E-state index contributed by atoms with van der Waals surface area (Å²) in [6.45, 7) is 6.36. The van der Waals surface area contributed by atoms with Crippen molar-refractivity contribution >= 4 is 6.29 Å². The molecule has 1 nitrogen and oxygen atoms in total. The van der Waals surface area contributed by atoms with E-state index in [-0.39, 0.29) is 0 Å². The molecule has 0 heterocycles. The van der Waals surface area contributed by atoms with Crippen LogP contribution in [-0.2, 0) is 4.79 Å². The molecule has 0 bridgehead atoms. The van der Waals surface area contributed by atoms with E-state index < -0.39 is 0 Å². The fourth-order valence-corrected chi connectivity index (χ4v) is 2.58. The van der Waals surface area contributed by atoms with E-state index in [0.29, 0.717) is 5.92 Å². The van der Waals surface area contributed by atoms with E-state index in [0.717, 1.165) is 25.0 Å². The molecule has 17 heavy (non-hydrogen) atoms. The zero-order valence-electron chi connectivity index (χ0n) is 12.2. The van der Waals surface area contributed by atoms with Crippen LogP contribution in [0.3, 0.4) is 0 Å². The highest BCUT2D eigenvalue weighted by Gasteiger charge is 2.10. The maximum Gasteiger partial charge on any atom is 0.123 e. The lowest BCUT2D eigenvalue weighted by molar-refractivity contribution is -0.111. The number of aldehydes is 1. The molecule has 0 aromatic carbocycles. The number of hydrogen-bond donors (Lipinski definition) is 0. The van der Waals surface area contributed by atoms with Crippen LogP contribution < -0.4 is 0 Å². The SMILES string of the molecule is CC.CC1CCCCC1.O=CC1CCCCC1. The lowest BCUT2D eigenvalue weighted by atomic mass is 9.91. The fraction of sp³-hybridized carbons (Fsp3) is 0.938. The molecule has 2 rings (SSSR count). The van der Waals surface area contributed by atoms with Gasteiger partial charge in [0.15, 0.2) is 0 Å². The minimum Gasteiger partial charge on any atom is -0.303 e. The number of carbonyl (C=O) groups excluding carboxylic acids is 1. The standard InChI is InChI=1S/C7H12O.C7H14.C2H6/c8-6-7-4-2-1-3-5-7;1-7-5-3-2-4-6-7;1-2/h6-7H,1-5H2;7H,2-6H2,1H3;1-2H3. The van der Waals surface area contributed by atoms with Gasteiger partial charge in [0.25, 0.3) is 0 Å². The van der Waals surface area contributed by atoms with E-state index in [2.05, 4.69) is 6.92 Å².